The van der Waals surface area contributed by atoms with E-state index in [1.807, 2.05) is 36.7 Å². The topological polar surface area (TPSA) is 97.8 Å². The van der Waals surface area contributed by atoms with Crippen LogP contribution in [0.2, 0.25) is 0 Å². The highest BCUT2D eigenvalue weighted by Gasteiger charge is 2.10. The second-order valence-corrected chi connectivity index (χ2v) is 6.88. The lowest BCUT2D eigenvalue weighted by Crippen LogP contribution is -2.40. The molecule has 3 rings (SSSR count). The van der Waals surface area contributed by atoms with Crippen LogP contribution in [0, 0.1) is 6.92 Å². The van der Waals surface area contributed by atoms with Gasteiger partial charge in [-0.1, -0.05) is 37.3 Å². The van der Waals surface area contributed by atoms with Crippen LogP contribution in [0.3, 0.4) is 0 Å². The minimum Gasteiger partial charge on any atom is -0.355 e. The van der Waals surface area contributed by atoms with Crippen molar-refractivity contribution in [1.29, 1.82) is 0 Å². The van der Waals surface area contributed by atoms with Crippen LogP contribution in [0.15, 0.2) is 41.7 Å². The number of aryl methyl sites for hydroxylation is 2. The Morgan fingerprint density at radius 1 is 1.13 bits per heavy atom. The van der Waals surface area contributed by atoms with Crippen LogP contribution in [0.1, 0.15) is 42.9 Å². The molecule has 30 heavy (non-hydrogen) atoms. The Morgan fingerprint density at radius 2 is 1.90 bits per heavy atom. The van der Waals surface area contributed by atoms with Gasteiger partial charge in [0, 0.05) is 26.6 Å². The summed E-state index contributed by atoms with van der Waals surface area (Å²) >= 11 is 0. The van der Waals surface area contributed by atoms with Crippen molar-refractivity contribution in [2.75, 3.05) is 6.54 Å². The highest BCUT2D eigenvalue weighted by atomic mass is 127. The first-order valence-electron chi connectivity index (χ1n) is 9.89. The maximum atomic E-state index is 4.73. The summed E-state index contributed by atoms with van der Waals surface area (Å²) in [5, 5.41) is 23.3. The predicted molar refractivity (Wildman–Crippen MR) is 128 cm³/mol. The summed E-state index contributed by atoms with van der Waals surface area (Å²) in [4.78, 5) is 4.73. The van der Waals surface area contributed by atoms with Gasteiger partial charge in [-0.15, -0.1) is 44.4 Å². The molecule has 0 saturated carbocycles. The highest BCUT2D eigenvalue weighted by Crippen LogP contribution is 2.11. The number of rotatable bonds is 8. The summed E-state index contributed by atoms with van der Waals surface area (Å²) in [6, 6.07) is 10.4. The second-order valence-electron chi connectivity index (χ2n) is 6.88. The standard InChI is InChI=1S/C20H29N9.HI/c1-5-18-26-23-14-29(18)12-11-21-20(22-13-19-27-25-16(3)28(19)4)24-15(2)17-9-7-6-8-10-17;/h6-10,14-15H,5,11-13H2,1-4H3,(H2,21,22,24);1H. The van der Waals surface area contributed by atoms with Gasteiger partial charge in [0.05, 0.1) is 6.04 Å². The van der Waals surface area contributed by atoms with Gasteiger partial charge in [0.2, 0.25) is 0 Å². The molecule has 162 valence electrons. The maximum Gasteiger partial charge on any atom is 0.192 e. The van der Waals surface area contributed by atoms with E-state index in [0.29, 0.717) is 13.1 Å². The van der Waals surface area contributed by atoms with Crippen molar-refractivity contribution in [3.8, 4) is 0 Å². The van der Waals surface area contributed by atoms with Gasteiger partial charge in [-0.2, -0.15) is 0 Å². The average molecular weight is 523 g/mol. The van der Waals surface area contributed by atoms with E-state index in [9.17, 15) is 0 Å². The molecule has 0 amide bonds. The zero-order valence-electron chi connectivity index (χ0n) is 17.9. The molecule has 0 fully saturated rings. The molecule has 2 aromatic heterocycles. The Balaban J connectivity index is 0.00000320. The largest absolute Gasteiger partial charge is 0.355 e. The number of aromatic nitrogens is 6. The second kappa shape index (κ2) is 11.6. The highest BCUT2D eigenvalue weighted by molar-refractivity contribution is 14.0. The number of hydrogen-bond acceptors (Lipinski definition) is 5. The number of guanidine groups is 1. The molecule has 0 radical (unpaired) electrons. The summed E-state index contributed by atoms with van der Waals surface area (Å²) in [5.41, 5.74) is 1.20. The summed E-state index contributed by atoms with van der Waals surface area (Å²) in [6.07, 6.45) is 2.62. The van der Waals surface area contributed by atoms with E-state index < -0.39 is 0 Å². The normalized spacial score (nSPS) is 12.3. The van der Waals surface area contributed by atoms with Crippen LogP contribution in [0.5, 0.6) is 0 Å². The molecule has 2 N–H and O–H groups in total. The van der Waals surface area contributed by atoms with Gasteiger partial charge in [-0.25, -0.2) is 4.99 Å². The molecule has 2 heterocycles. The van der Waals surface area contributed by atoms with Crippen molar-refractivity contribution in [2.24, 2.45) is 12.0 Å². The zero-order chi connectivity index (χ0) is 20.6. The molecule has 0 spiro atoms. The maximum absolute atomic E-state index is 4.73. The number of nitrogens with zero attached hydrogens (tertiary/aromatic N) is 7. The van der Waals surface area contributed by atoms with Crippen molar-refractivity contribution in [2.45, 2.75) is 46.3 Å². The molecule has 10 heteroatoms. The molecule has 3 aromatic rings. The molecular formula is C20H30IN9. The third-order valence-electron chi connectivity index (χ3n) is 4.87. The van der Waals surface area contributed by atoms with E-state index in [1.54, 1.807) is 6.33 Å². The number of nitrogens with one attached hydrogen (secondary N) is 2. The van der Waals surface area contributed by atoms with Gasteiger partial charge in [-0.3, -0.25) is 0 Å². The van der Waals surface area contributed by atoms with E-state index in [0.717, 1.165) is 36.4 Å². The van der Waals surface area contributed by atoms with E-state index >= 15 is 0 Å². The quantitative estimate of drug-likeness (QED) is 0.268. The van der Waals surface area contributed by atoms with Gasteiger partial charge >= 0.3 is 0 Å². The van der Waals surface area contributed by atoms with Gasteiger partial charge in [0.15, 0.2) is 11.8 Å². The number of halogens is 1. The molecular weight excluding hydrogens is 493 g/mol. The smallest absolute Gasteiger partial charge is 0.192 e. The number of benzene rings is 1. The van der Waals surface area contributed by atoms with Crippen molar-refractivity contribution in [3.05, 3.63) is 59.7 Å². The van der Waals surface area contributed by atoms with Crippen LogP contribution in [-0.2, 0) is 26.6 Å². The third kappa shape index (κ3) is 6.25. The molecule has 9 nitrogen and oxygen atoms in total. The molecule has 1 atom stereocenters. The van der Waals surface area contributed by atoms with Crippen LogP contribution in [-0.4, -0.2) is 42.0 Å². The first kappa shape index (κ1) is 23.8. The van der Waals surface area contributed by atoms with Crippen molar-refractivity contribution < 1.29 is 0 Å². The minimum absolute atomic E-state index is 0. The fraction of sp³-hybridized carbons (Fsp3) is 0.450. The van der Waals surface area contributed by atoms with E-state index in [-0.39, 0.29) is 30.0 Å². The molecule has 0 aliphatic carbocycles. The molecule has 0 saturated heterocycles. The van der Waals surface area contributed by atoms with Crippen molar-refractivity contribution >= 4 is 29.9 Å². The fourth-order valence-corrected chi connectivity index (χ4v) is 2.96. The fourth-order valence-electron chi connectivity index (χ4n) is 2.96. The van der Waals surface area contributed by atoms with Crippen LogP contribution in [0.4, 0.5) is 0 Å². The molecule has 0 aliphatic heterocycles. The summed E-state index contributed by atoms with van der Waals surface area (Å²) in [5.74, 6) is 3.40. The van der Waals surface area contributed by atoms with Crippen LogP contribution < -0.4 is 10.6 Å². The first-order chi connectivity index (χ1) is 14.1. The van der Waals surface area contributed by atoms with Gasteiger partial charge in [0.25, 0.3) is 0 Å². The van der Waals surface area contributed by atoms with Crippen molar-refractivity contribution in [3.63, 3.8) is 0 Å². The van der Waals surface area contributed by atoms with Gasteiger partial charge < -0.3 is 19.8 Å². The SMILES string of the molecule is CCc1nncn1CCNC(=NCc1nnc(C)n1C)NC(C)c1ccccc1.I. The molecule has 0 bridgehead atoms. The Kier molecular flexibility index (Phi) is 9.21. The van der Waals surface area contributed by atoms with Crippen LogP contribution in [0.25, 0.3) is 0 Å². The molecule has 0 aliphatic rings. The Morgan fingerprint density at radius 3 is 2.57 bits per heavy atom. The Labute approximate surface area is 194 Å². The molecule has 1 unspecified atom stereocenters. The minimum atomic E-state index is 0. The van der Waals surface area contributed by atoms with E-state index in [1.165, 1.54) is 5.56 Å². The lowest BCUT2D eigenvalue weighted by Gasteiger charge is -2.19. The lowest BCUT2D eigenvalue weighted by molar-refractivity contribution is 0.617. The average Bonchev–Trinajstić information content (AvgIpc) is 3.33. The predicted octanol–water partition coefficient (Wildman–Crippen LogP) is 2.39. The van der Waals surface area contributed by atoms with E-state index in [2.05, 4.69) is 61.6 Å². The molecule has 1 aromatic carbocycles. The Bertz CT molecular complexity index is 933. The summed E-state index contributed by atoms with van der Waals surface area (Å²) < 4.78 is 4.00. The monoisotopic (exact) mass is 523 g/mol. The van der Waals surface area contributed by atoms with E-state index in [4.69, 9.17) is 4.99 Å². The van der Waals surface area contributed by atoms with Gasteiger partial charge in [0.1, 0.15) is 24.5 Å². The first-order valence-corrected chi connectivity index (χ1v) is 9.89. The van der Waals surface area contributed by atoms with Crippen LogP contribution >= 0.6 is 24.0 Å². The van der Waals surface area contributed by atoms with Crippen molar-refractivity contribution in [1.82, 2.24) is 40.2 Å². The third-order valence-corrected chi connectivity index (χ3v) is 4.87. The number of hydrogen-bond donors (Lipinski definition) is 2. The Hall–Kier alpha value is -2.50. The summed E-state index contributed by atoms with van der Waals surface area (Å²) in [7, 11) is 1.95. The zero-order valence-corrected chi connectivity index (χ0v) is 20.2. The number of aliphatic imine (C=N–C) groups is 1. The lowest BCUT2D eigenvalue weighted by atomic mass is 10.1. The van der Waals surface area contributed by atoms with Gasteiger partial charge in [-0.05, 0) is 19.4 Å². The summed E-state index contributed by atoms with van der Waals surface area (Å²) in [6.45, 7) is 8.04.